The lowest BCUT2D eigenvalue weighted by molar-refractivity contribution is 0.0977. The van der Waals surface area contributed by atoms with E-state index < -0.39 is 0 Å². The van der Waals surface area contributed by atoms with Crippen molar-refractivity contribution in [3.05, 3.63) is 89.2 Å². The van der Waals surface area contributed by atoms with E-state index in [2.05, 4.69) is 20.6 Å². The van der Waals surface area contributed by atoms with Gasteiger partial charge in [-0.05, 0) is 60.4 Å². The first-order chi connectivity index (χ1) is 13.6. The van der Waals surface area contributed by atoms with E-state index in [9.17, 15) is 4.79 Å². The predicted molar refractivity (Wildman–Crippen MR) is 116 cm³/mol. The van der Waals surface area contributed by atoms with Crippen LogP contribution in [-0.4, -0.2) is 23.1 Å². The molecule has 0 fully saturated rings. The van der Waals surface area contributed by atoms with Crippen molar-refractivity contribution in [2.24, 2.45) is 4.99 Å². The largest absolute Gasteiger partial charge is 0.326 e. The van der Waals surface area contributed by atoms with E-state index in [4.69, 9.17) is 11.6 Å². The number of hydrogen-bond acceptors (Lipinski definition) is 4. The molecule has 7 heteroatoms. The van der Waals surface area contributed by atoms with E-state index in [1.165, 1.54) is 0 Å². The van der Waals surface area contributed by atoms with Gasteiger partial charge in [0, 0.05) is 33.6 Å². The van der Waals surface area contributed by atoms with E-state index >= 15 is 0 Å². The van der Waals surface area contributed by atoms with E-state index in [-0.39, 0.29) is 5.91 Å². The number of nitrogens with zero attached hydrogens (tertiary/aromatic N) is 2. The first kappa shape index (κ1) is 19.9. The van der Waals surface area contributed by atoms with Gasteiger partial charge in [0.15, 0.2) is 0 Å². The van der Waals surface area contributed by atoms with Crippen LogP contribution in [0.5, 0.6) is 0 Å². The van der Waals surface area contributed by atoms with Gasteiger partial charge in [0.05, 0.1) is 6.54 Å². The summed E-state index contributed by atoms with van der Waals surface area (Å²) < 4.78 is 0. The standard InChI is InChI=1S/C21H19ClN4OS/c1-28-19-7-3-6-18(13-19)25-21(24-14-15-8-10-23-11-9-15)26-20(27)16-4-2-5-17(22)12-16/h2-13H,14H2,1H3,(H2,24,25,26,27). The Balaban J connectivity index is 1.81. The molecule has 28 heavy (non-hydrogen) atoms. The summed E-state index contributed by atoms with van der Waals surface area (Å²) in [6, 6.07) is 18.4. The van der Waals surface area contributed by atoms with E-state index in [1.54, 1.807) is 48.4 Å². The topological polar surface area (TPSA) is 66.4 Å². The van der Waals surface area contributed by atoms with Crippen LogP contribution in [0.1, 0.15) is 15.9 Å². The van der Waals surface area contributed by atoms with Gasteiger partial charge in [-0.3, -0.25) is 15.1 Å². The number of amides is 1. The maximum Gasteiger partial charge on any atom is 0.258 e. The summed E-state index contributed by atoms with van der Waals surface area (Å²) in [6.07, 6.45) is 5.44. The number of aromatic nitrogens is 1. The molecule has 0 bridgehead atoms. The summed E-state index contributed by atoms with van der Waals surface area (Å²) in [6.45, 7) is 0.406. The Labute approximate surface area is 173 Å². The molecule has 1 amide bonds. The van der Waals surface area contributed by atoms with Gasteiger partial charge in [0.25, 0.3) is 5.91 Å². The molecule has 0 saturated carbocycles. The van der Waals surface area contributed by atoms with Crippen molar-refractivity contribution < 1.29 is 4.79 Å². The van der Waals surface area contributed by atoms with Gasteiger partial charge in [0.1, 0.15) is 0 Å². The minimum atomic E-state index is -0.288. The number of aliphatic imine (C=N–C) groups is 1. The lowest BCUT2D eigenvalue weighted by Gasteiger charge is -2.13. The third-order valence-corrected chi connectivity index (χ3v) is 4.78. The average Bonchev–Trinajstić information content (AvgIpc) is 2.73. The minimum Gasteiger partial charge on any atom is -0.326 e. The van der Waals surface area contributed by atoms with Crippen LogP contribution in [0, 0.1) is 0 Å². The smallest absolute Gasteiger partial charge is 0.258 e. The number of benzene rings is 2. The molecule has 0 radical (unpaired) electrons. The lowest BCUT2D eigenvalue weighted by Crippen LogP contribution is -2.36. The molecule has 142 valence electrons. The zero-order chi connectivity index (χ0) is 19.8. The van der Waals surface area contributed by atoms with Gasteiger partial charge >= 0.3 is 0 Å². The van der Waals surface area contributed by atoms with E-state index in [0.717, 1.165) is 16.1 Å². The molecule has 3 aromatic rings. The second-order valence-corrected chi connectivity index (χ2v) is 7.16. The number of rotatable bonds is 5. The van der Waals surface area contributed by atoms with Crippen LogP contribution in [0.4, 0.5) is 5.69 Å². The van der Waals surface area contributed by atoms with Gasteiger partial charge in [-0.1, -0.05) is 23.7 Å². The number of pyridine rings is 1. The molecule has 0 unspecified atom stereocenters. The quantitative estimate of drug-likeness (QED) is 0.358. The first-order valence-corrected chi connectivity index (χ1v) is 10.2. The Bertz CT molecular complexity index is 979. The van der Waals surface area contributed by atoms with Crippen molar-refractivity contribution in [1.82, 2.24) is 10.3 Å². The average molecular weight is 411 g/mol. The molecule has 0 aliphatic heterocycles. The van der Waals surface area contributed by atoms with Crippen molar-refractivity contribution in [3.8, 4) is 0 Å². The highest BCUT2D eigenvalue weighted by Gasteiger charge is 2.10. The van der Waals surface area contributed by atoms with Crippen LogP contribution in [0.15, 0.2) is 82.9 Å². The van der Waals surface area contributed by atoms with Gasteiger partial charge in [-0.2, -0.15) is 0 Å². The molecule has 0 saturated heterocycles. The van der Waals surface area contributed by atoms with Crippen LogP contribution in [0.25, 0.3) is 0 Å². The van der Waals surface area contributed by atoms with E-state index in [0.29, 0.717) is 23.1 Å². The van der Waals surface area contributed by atoms with Crippen LogP contribution in [-0.2, 0) is 6.54 Å². The van der Waals surface area contributed by atoms with Crippen LogP contribution in [0.2, 0.25) is 5.02 Å². The summed E-state index contributed by atoms with van der Waals surface area (Å²) in [5.74, 6) is 0.0736. The third-order valence-electron chi connectivity index (χ3n) is 3.82. The van der Waals surface area contributed by atoms with Crippen LogP contribution in [0.3, 0.4) is 0 Å². The first-order valence-electron chi connectivity index (χ1n) is 8.55. The number of halogens is 1. The summed E-state index contributed by atoms with van der Waals surface area (Å²) in [7, 11) is 0. The second kappa shape index (κ2) is 9.92. The predicted octanol–water partition coefficient (Wildman–Crippen LogP) is 4.86. The Hall–Kier alpha value is -2.83. The fraction of sp³-hybridized carbons (Fsp3) is 0.0952. The summed E-state index contributed by atoms with van der Waals surface area (Å²) in [5, 5.41) is 6.53. The SMILES string of the molecule is CSc1cccc(NC(=NCc2ccncc2)NC(=O)c2cccc(Cl)c2)c1. The minimum absolute atomic E-state index is 0.288. The van der Waals surface area contributed by atoms with Gasteiger partial charge in [-0.25, -0.2) is 4.99 Å². The summed E-state index contributed by atoms with van der Waals surface area (Å²) in [5.41, 5.74) is 2.29. The molecule has 3 rings (SSSR count). The van der Waals surface area contributed by atoms with Gasteiger partial charge < -0.3 is 5.32 Å². The number of anilines is 1. The van der Waals surface area contributed by atoms with Gasteiger partial charge in [-0.15, -0.1) is 11.8 Å². The Morgan fingerprint density at radius 3 is 2.64 bits per heavy atom. The van der Waals surface area contributed by atoms with E-state index in [1.807, 2.05) is 42.7 Å². The molecule has 1 heterocycles. The molecule has 0 aliphatic rings. The van der Waals surface area contributed by atoms with Crippen molar-refractivity contribution >= 4 is 40.9 Å². The molecular formula is C21H19ClN4OS. The third kappa shape index (κ3) is 5.84. The van der Waals surface area contributed by atoms with Crippen molar-refractivity contribution in [1.29, 1.82) is 0 Å². The van der Waals surface area contributed by atoms with Crippen molar-refractivity contribution in [2.45, 2.75) is 11.4 Å². The number of hydrogen-bond donors (Lipinski definition) is 2. The molecule has 0 aliphatic carbocycles. The molecule has 5 nitrogen and oxygen atoms in total. The summed E-state index contributed by atoms with van der Waals surface area (Å²) >= 11 is 7.64. The number of thioether (sulfide) groups is 1. The number of nitrogens with one attached hydrogen (secondary N) is 2. The highest BCUT2D eigenvalue weighted by Crippen LogP contribution is 2.19. The van der Waals surface area contributed by atoms with Gasteiger partial charge in [0.2, 0.25) is 5.96 Å². The van der Waals surface area contributed by atoms with Crippen molar-refractivity contribution in [2.75, 3.05) is 11.6 Å². The molecule has 2 aromatic carbocycles. The molecule has 0 spiro atoms. The molecule has 0 atom stereocenters. The zero-order valence-corrected chi connectivity index (χ0v) is 16.8. The van der Waals surface area contributed by atoms with Crippen LogP contribution >= 0.6 is 23.4 Å². The number of carbonyl (C=O) groups is 1. The molecule has 1 aromatic heterocycles. The monoisotopic (exact) mass is 410 g/mol. The lowest BCUT2D eigenvalue weighted by atomic mass is 10.2. The maximum absolute atomic E-state index is 12.6. The molecule has 2 N–H and O–H groups in total. The maximum atomic E-state index is 12.6. The fourth-order valence-corrected chi connectivity index (χ4v) is 3.07. The van der Waals surface area contributed by atoms with Crippen LogP contribution < -0.4 is 10.6 Å². The van der Waals surface area contributed by atoms with Crippen molar-refractivity contribution in [3.63, 3.8) is 0 Å². The fourth-order valence-electron chi connectivity index (χ4n) is 2.42. The second-order valence-electron chi connectivity index (χ2n) is 5.84. The highest BCUT2D eigenvalue weighted by molar-refractivity contribution is 7.98. The Morgan fingerprint density at radius 1 is 1.11 bits per heavy atom. The summed E-state index contributed by atoms with van der Waals surface area (Å²) in [4.78, 5) is 22.3. The molecular weight excluding hydrogens is 392 g/mol. The highest BCUT2D eigenvalue weighted by atomic mass is 35.5. The Kier molecular flexibility index (Phi) is 7.06. The number of guanidine groups is 1. The number of carbonyl (C=O) groups excluding carboxylic acids is 1. The normalized spacial score (nSPS) is 11.1. The Morgan fingerprint density at radius 2 is 1.89 bits per heavy atom. The zero-order valence-electron chi connectivity index (χ0n) is 15.2.